The fourth-order valence-corrected chi connectivity index (χ4v) is 2.72. The molecular weight excluding hydrogens is 336 g/mol. The minimum absolute atomic E-state index is 0.218. The van der Waals surface area contributed by atoms with Crippen molar-refractivity contribution in [2.24, 2.45) is 10.2 Å². The van der Waals surface area contributed by atoms with E-state index in [1.165, 1.54) is 0 Å². The van der Waals surface area contributed by atoms with Gasteiger partial charge in [-0.15, -0.1) is 0 Å². The lowest BCUT2D eigenvalue weighted by Gasteiger charge is -2.29. The third-order valence-corrected chi connectivity index (χ3v) is 4.23. The number of allylic oxidation sites excluding steroid dienone is 1. The van der Waals surface area contributed by atoms with Crippen LogP contribution in [0.5, 0.6) is 0 Å². The largest absolute Gasteiger partial charge is 0.375 e. The Bertz CT molecular complexity index is 913. The van der Waals surface area contributed by atoms with Gasteiger partial charge in [-0.2, -0.15) is 0 Å². The molecule has 112 valence electrons. The summed E-state index contributed by atoms with van der Waals surface area (Å²) in [7, 11) is 1.09. The Kier molecular flexibility index (Phi) is 3.84. The number of carbonyl (C=O) groups is 1. The highest BCUT2D eigenvalue weighted by atomic mass is 35.7. The maximum absolute atomic E-state index is 12.0. The summed E-state index contributed by atoms with van der Waals surface area (Å²) in [6.07, 6.45) is 0.751. The predicted octanol–water partition coefficient (Wildman–Crippen LogP) is 2.46. The summed E-state index contributed by atoms with van der Waals surface area (Å²) in [5.74, 6) is -0.739. The standard InChI is InChI=1S/C10H5ClN6O4S/c11-22(20,21)5-1-2-7-6(3-5)8(18)4-9(14-16-12)10(7,19)15-17-13/h1-4,19H. The summed E-state index contributed by atoms with van der Waals surface area (Å²) in [4.78, 5) is 16.5. The first kappa shape index (κ1) is 15.8. The third kappa shape index (κ3) is 2.50. The van der Waals surface area contributed by atoms with Crippen molar-refractivity contribution < 1.29 is 18.3 Å². The Hall–Kier alpha value is -2.55. The van der Waals surface area contributed by atoms with Crippen LogP contribution < -0.4 is 0 Å². The number of rotatable bonds is 3. The summed E-state index contributed by atoms with van der Waals surface area (Å²) in [5.41, 5.74) is 13.6. The molecule has 12 heteroatoms. The Morgan fingerprint density at radius 3 is 2.50 bits per heavy atom. The number of benzene rings is 1. The first-order valence-corrected chi connectivity index (χ1v) is 7.74. The molecule has 0 saturated heterocycles. The minimum atomic E-state index is -4.10. The maximum atomic E-state index is 12.0. The van der Waals surface area contributed by atoms with Gasteiger partial charge in [0.05, 0.1) is 10.6 Å². The normalized spacial score (nSPS) is 20.3. The fourth-order valence-electron chi connectivity index (χ4n) is 1.94. The van der Waals surface area contributed by atoms with Gasteiger partial charge in [0, 0.05) is 31.6 Å². The number of nitrogens with zero attached hydrogens (tertiary/aromatic N) is 6. The van der Waals surface area contributed by atoms with Gasteiger partial charge in [-0.3, -0.25) is 4.79 Å². The predicted molar refractivity (Wildman–Crippen MR) is 74.1 cm³/mol. The van der Waals surface area contributed by atoms with Gasteiger partial charge in [0.15, 0.2) is 11.5 Å². The van der Waals surface area contributed by atoms with Gasteiger partial charge in [-0.05, 0) is 34.4 Å². The number of hydrogen-bond donors (Lipinski definition) is 1. The third-order valence-electron chi connectivity index (χ3n) is 2.88. The number of aliphatic hydroxyl groups is 1. The summed E-state index contributed by atoms with van der Waals surface area (Å²) in [6.45, 7) is 0. The summed E-state index contributed by atoms with van der Waals surface area (Å²) in [5, 5.41) is 16.7. The van der Waals surface area contributed by atoms with Gasteiger partial charge in [-0.1, -0.05) is 11.2 Å². The van der Waals surface area contributed by atoms with E-state index in [0.29, 0.717) is 0 Å². The lowest BCUT2D eigenvalue weighted by atomic mass is 9.87. The van der Waals surface area contributed by atoms with Crippen LogP contribution in [0.15, 0.2) is 45.1 Å². The molecule has 0 aliphatic heterocycles. The summed E-state index contributed by atoms with van der Waals surface area (Å²) in [6, 6.07) is 3.00. The second-order valence-electron chi connectivity index (χ2n) is 4.09. The molecule has 0 amide bonds. The monoisotopic (exact) mass is 340 g/mol. The Labute approximate surface area is 127 Å². The second-order valence-corrected chi connectivity index (χ2v) is 6.66. The van der Waals surface area contributed by atoms with Gasteiger partial charge < -0.3 is 5.11 Å². The van der Waals surface area contributed by atoms with Crippen molar-refractivity contribution in [2.75, 3.05) is 0 Å². The van der Waals surface area contributed by atoms with E-state index in [1.54, 1.807) is 0 Å². The number of hydrogen-bond acceptors (Lipinski definition) is 6. The number of fused-ring (bicyclic) bond motifs is 1. The lowest BCUT2D eigenvalue weighted by molar-refractivity contribution is 0.0745. The molecule has 1 aromatic rings. The molecule has 1 atom stereocenters. The molecule has 0 radical (unpaired) electrons. The quantitative estimate of drug-likeness (QED) is 0.386. The van der Waals surface area contributed by atoms with Crippen molar-refractivity contribution in [2.45, 2.75) is 10.6 Å². The first-order chi connectivity index (χ1) is 10.2. The van der Waals surface area contributed by atoms with Crippen LogP contribution in [-0.4, -0.2) is 19.3 Å². The van der Waals surface area contributed by atoms with Gasteiger partial charge in [0.2, 0.25) is 0 Å². The fraction of sp³-hybridized carbons (Fsp3) is 0.100. The molecule has 0 saturated carbocycles. The Morgan fingerprint density at radius 1 is 1.27 bits per heavy atom. The van der Waals surface area contributed by atoms with Gasteiger partial charge in [0.1, 0.15) is 0 Å². The average molecular weight is 341 g/mol. The highest BCUT2D eigenvalue weighted by Crippen LogP contribution is 2.39. The Balaban J connectivity index is 2.82. The molecular formula is C10H5ClN6O4S. The van der Waals surface area contributed by atoms with E-state index in [4.69, 9.17) is 21.7 Å². The van der Waals surface area contributed by atoms with Crippen LogP contribution in [0, 0.1) is 0 Å². The topological polar surface area (TPSA) is 169 Å². The van der Waals surface area contributed by atoms with Crippen molar-refractivity contribution in [1.29, 1.82) is 0 Å². The molecule has 1 aliphatic carbocycles. The number of carbonyl (C=O) groups excluding carboxylic acids is 1. The van der Waals surface area contributed by atoms with Gasteiger partial charge >= 0.3 is 0 Å². The van der Waals surface area contributed by atoms with Crippen molar-refractivity contribution in [3.8, 4) is 0 Å². The van der Waals surface area contributed by atoms with Crippen LogP contribution in [0.2, 0.25) is 0 Å². The van der Waals surface area contributed by atoms with Gasteiger partial charge in [0.25, 0.3) is 9.05 Å². The van der Waals surface area contributed by atoms with Gasteiger partial charge in [-0.25, -0.2) is 8.42 Å². The molecule has 0 aromatic heterocycles. The number of halogens is 1. The molecule has 10 nitrogen and oxygen atoms in total. The summed E-state index contributed by atoms with van der Waals surface area (Å²) >= 11 is 0. The van der Waals surface area contributed by atoms with E-state index in [2.05, 4.69) is 20.1 Å². The van der Waals surface area contributed by atoms with E-state index >= 15 is 0 Å². The van der Waals surface area contributed by atoms with E-state index in [0.717, 1.165) is 24.3 Å². The molecule has 0 bridgehead atoms. The smallest absolute Gasteiger partial charge is 0.261 e. The van der Waals surface area contributed by atoms with Crippen LogP contribution in [0.25, 0.3) is 20.9 Å². The van der Waals surface area contributed by atoms with E-state index in [-0.39, 0.29) is 16.0 Å². The molecule has 0 spiro atoms. The lowest BCUT2D eigenvalue weighted by Crippen LogP contribution is -2.31. The van der Waals surface area contributed by atoms with Crippen LogP contribution in [0.1, 0.15) is 15.9 Å². The SMILES string of the molecule is [N-]=[N+]=NC1=CC(=O)c2cc(S(=O)(=O)Cl)ccc2C1(O)N=[N+]=[N-]. The molecule has 1 N–H and O–H groups in total. The zero-order chi connectivity index (χ0) is 16.5. The highest BCUT2D eigenvalue weighted by molar-refractivity contribution is 8.13. The molecule has 1 aliphatic rings. The zero-order valence-electron chi connectivity index (χ0n) is 10.5. The first-order valence-electron chi connectivity index (χ1n) is 5.43. The molecule has 22 heavy (non-hydrogen) atoms. The second kappa shape index (κ2) is 5.34. The van der Waals surface area contributed by atoms with E-state index < -0.39 is 26.3 Å². The molecule has 0 fully saturated rings. The number of azide groups is 2. The molecule has 1 unspecified atom stereocenters. The van der Waals surface area contributed by atoms with Crippen molar-refractivity contribution in [1.82, 2.24) is 0 Å². The molecule has 0 heterocycles. The van der Waals surface area contributed by atoms with Crippen LogP contribution in [0.4, 0.5) is 0 Å². The van der Waals surface area contributed by atoms with Crippen LogP contribution >= 0.6 is 10.7 Å². The molecule has 2 rings (SSSR count). The van der Waals surface area contributed by atoms with E-state index in [9.17, 15) is 18.3 Å². The minimum Gasteiger partial charge on any atom is -0.375 e. The summed E-state index contributed by atoms with van der Waals surface area (Å²) < 4.78 is 22.6. The molecule has 1 aromatic carbocycles. The van der Waals surface area contributed by atoms with Crippen LogP contribution in [-0.2, 0) is 14.8 Å². The maximum Gasteiger partial charge on any atom is 0.261 e. The Morgan fingerprint density at radius 2 is 1.95 bits per heavy atom. The van der Waals surface area contributed by atoms with Crippen molar-refractivity contribution in [3.63, 3.8) is 0 Å². The highest BCUT2D eigenvalue weighted by Gasteiger charge is 2.40. The zero-order valence-corrected chi connectivity index (χ0v) is 12.0. The van der Waals surface area contributed by atoms with Crippen molar-refractivity contribution >= 4 is 25.5 Å². The number of ketones is 1. The average Bonchev–Trinajstić information content (AvgIpc) is 2.44. The van der Waals surface area contributed by atoms with Crippen molar-refractivity contribution in [3.05, 3.63) is 62.0 Å². The van der Waals surface area contributed by atoms with Crippen LogP contribution in [0.3, 0.4) is 0 Å². The van der Waals surface area contributed by atoms with E-state index in [1.807, 2.05) is 0 Å².